The summed E-state index contributed by atoms with van der Waals surface area (Å²) in [6.07, 6.45) is 1.95. The lowest BCUT2D eigenvalue weighted by atomic mass is 10.1. The van der Waals surface area contributed by atoms with Gasteiger partial charge in [-0.25, -0.2) is 0 Å². The van der Waals surface area contributed by atoms with E-state index in [1.165, 1.54) is 6.07 Å². The predicted octanol–water partition coefficient (Wildman–Crippen LogP) is 3.92. The Bertz CT molecular complexity index is 1140. The SMILES string of the molecule is NC(=O)[C@@H](Nc1cc2c3c(c(-c4cccc(OC(F)F)c4)[nH]c3c1)NCCO2)C1CC1. The van der Waals surface area contributed by atoms with Gasteiger partial charge in [0.15, 0.2) is 0 Å². The van der Waals surface area contributed by atoms with E-state index in [1.54, 1.807) is 12.1 Å². The van der Waals surface area contributed by atoms with Crippen LogP contribution in [0.4, 0.5) is 20.2 Å². The zero-order valence-electron chi connectivity index (χ0n) is 16.6. The minimum Gasteiger partial charge on any atom is -0.491 e. The van der Waals surface area contributed by atoms with Gasteiger partial charge < -0.3 is 30.8 Å². The van der Waals surface area contributed by atoms with Gasteiger partial charge >= 0.3 is 6.61 Å². The Balaban J connectivity index is 1.58. The number of alkyl halides is 2. The molecule has 1 atom stereocenters. The summed E-state index contributed by atoms with van der Waals surface area (Å²) in [6.45, 7) is -1.85. The molecule has 5 rings (SSSR count). The van der Waals surface area contributed by atoms with Crippen LogP contribution in [0.1, 0.15) is 12.8 Å². The van der Waals surface area contributed by atoms with Crippen molar-refractivity contribution in [2.24, 2.45) is 11.7 Å². The van der Waals surface area contributed by atoms with Crippen LogP contribution in [-0.2, 0) is 4.79 Å². The maximum Gasteiger partial charge on any atom is 0.387 e. The lowest BCUT2D eigenvalue weighted by Gasteiger charge is -2.17. The molecule has 7 nitrogen and oxygen atoms in total. The maximum absolute atomic E-state index is 12.7. The second-order valence-corrected chi connectivity index (χ2v) is 7.82. The van der Waals surface area contributed by atoms with Crippen molar-refractivity contribution in [3.63, 3.8) is 0 Å². The average molecular weight is 428 g/mol. The molecule has 5 N–H and O–H groups in total. The largest absolute Gasteiger partial charge is 0.491 e. The molecule has 1 aliphatic heterocycles. The predicted molar refractivity (Wildman–Crippen MR) is 114 cm³/mol. The number of aromatic nitrogens is 1. The van der Waals surface area contributed by atoms with Crippen LogP contribution in [0.5, 0.6) is 11.5 Å². The zero-order valence-corrected chi connectivity index (χ0v) is 16.6. The number of H-pyrrole nitrogens is 1. The van der Waals surface area contributed by atoms with Gasteiger partial charge in [0.05, 0.1) is 22.3 Å². The highest BCUT2D eigenvalue weighted by atomic mass is 19.3. The summed E-state index contributed by atoms with van der Waals surface area (Å²) in [5.74, 6) is 0.628. The molecule has 0 saturated heterocycles. The molecule has 2 heterocycles. The van der Waals surface area contributed by atoms with Crippen LogP contribution < -0.4 is 25.8 Å². The van der Waals surface area contributed by atoms with Crippen LogP contribution in [-0.4, -0.2) is 36.7 Å². The van der Waals surface area contributed by atoms with Crippen molar-refractivity contribution in [3.05, 3.63) is 36.4 Å². The molecule has 2 aliphatic rings. The van der Waals surface area contributed by atoms with Crippen LogP contribution in [0.25, 0.3) is 22.2 Å². The van der Waals surface area contributed by atoms with E-state index in [9.17, 15) is 13.6 Å². The first kappa shape index (κ1) is 19.5. The molecule has 1 aromatic heterocycles. The monoisotopic (exact) mass is 428 g/mol. The number of nitrogens with one attached hydrogen (secondary N) is 3. The zero-order chi connectivity index (χ0) is 21.5. The van der Waals surface area contributed by atoms with Crippen LogP contribution in [0, 0.1) is 5.92 Å². The number of carbonyl (C=O) groups is 1. The maximum atomic E-state index is 12.7. The lowest BCUT2D eigenvalue weighted by Crippen LogP contribution is -2.37. The van der Waals surface area contributed by atoms with Gasteiger partial charge in [-0.15, -0.1) is 0 Å². The van der Waals surface area contributed by atoms with Gasteiger partial charge in [-0.3, -0.25) is 4.79 Å². The van der Waals surface area contributed by atoms with Gasteiger partial charge in [-0.05, 0) is 37.0 Å². The van der Waals surface area contributed by atoms with Crippen LogP contribution in [0.2, 0.25) is 0 Å². The fourth-order valence-corrected chi connectivity index (χ4v) is 4.08. The fourth-order valence-electron chi connectivity index (χ4n) is 4.08. The molecule has 1 aliphatic carbocycles. The number of anilines is 2. The summed E-state index contributed by atoms with van der Waals surface area (Å²) in [5, 5.41) is 7.48. The Morgan fingerprint density at radius 1 is 1.26 bits per heavy atom. The number of halogens is 2. The molecule has 2 aromatic carbocycles. The molecule has 31 heavy (non-hydrogen) atoms. The quantitative estimate of drug-likeness (QED) is 0.457. The van der Waals surface area contributed by atoms with Crippen molar-refractivity contribution in [3.8, 4) is 22.8 Å². The number of hydrogen-bond acceptors (Lipinski definition) is 5. The van der Waals surface area contributed by atoms with Crippen LogP contribution >= 0.6 is 0 Å². The first-order valence-corrected chi connectivity index (χ1v) is 10.2. The van der Waals surface area contributed by atoms with Gasteiger partial charge in [-0.2, -0.15) is 8.78 Å². The van der Waals surface area contributed by atoms with Crippen molar-refractivity contribution in [1.29, 1.82) is 0 Å². The summed E-state index contributed by atoms with van der Waals surface area (Å²) >= 11 is 0. The second kappa shape index (κ2) is 7.64. The minimum atomic E-state index is -2.89. The van der Waals surface area contributed by atoms with E-state index in [-0.39, 0.29) is 17.6 Å². The molecule has 1 fully saturated rings. The molecule has 0 radical (unpaired) electrons. The van der Waals surface area contributed by atoms with E-state index in [4.69, 9.17) is 10.5 Å². The Morgan fingerprint density at radius 2 is 2.10 bits per heavy atom. The summed E-state index contributed by atoms with van der Waals surface area (Å²) in [5.41, 5.74) is 9.38. The van der Waals surface area contributed by atoms with E-state index in [0.717, 1.165) is 40.8 Å². The molecule has 0 spiro atoms. The Hall–Kier alpha value is -3.49. The van der Waals surface area contributed by atoms with E-state index in [2.05, 4.69) is 20.4 Å². The number of ether oxygens (including phenoxy) is 2. The summed E-state index contributed by atoms with van der Waals surface area (Å²) < 4.78 is 35.8. The van der Waals surface area contributed by atoms with Crippen LogP contribution in [0.3, 0.4) is 0 Å². The highest BCUT2D eigenvalue weighted by molar-refractivity contribution is 6.06. The number of primary amides is 1. The highest BCUT2D eigenvalue weighted by Gasteiger charge is 2.35. The number of hydrogen-bond donors (Lipinski definition) is 4. The molecule has 0 bridgehead atoms. The number of rotatable bonds is 7. The number of benzene rings is 2. The molecule has 3 aromatic rings. The minimum absolute atomic E-state index is 0.0829. The highest BCUT2D eigenvalue weighted by Crippen LogP contribution is 2.44. The third kappa shape index (κ3) is 3.83. The Kier molecular flexibility index (Phi) is 4.80. The molecule has 0 unspecified atom stereocenters. The van der Waals surface area contributed by atoms with E-state index in [0.29, 0.717) is 24.5 Å². The van der Waals surface area contributed by atoms with Gasteiger partial charge in [-0.1, -0.05) is 12.1 Å². The van der Waals surface area contributed by atoms with Gasteiger partial charge in [0, 0.05) is 23.9 Å². The number of aromatic amines is 1. The second-order valence-electron chi connectivity index (χ2n) is 7.82. The van der Waals surface area contributed by atoms with Crippen molar-refractivity contribution < 1.29 is 23.0 Å². The number of carbonyl (C=O) groups excluding carboxylic acids is 1. The first-order valence-electron chi connectivity index (χ1n) is 10.2. The van der Waals surface area contributed by atoms with E-state index in [1.807, 2.05) is 18.2 Å². The molecule has 1 amide bonds. The number of nitrogens with two attached hydrogens (primary N) is 1. The van der Waals surface area contributed by atoms with Crippen molar-refractivity contribution in [2.45, 2.75) is 25.5 Å². The summed E-state index contributed by atoms with van der Waals surface area (Å²) in [4.78, 5) is 15.2. The van der Waals surface area contributed by atoms with Crippen molar-refractivity contribution in [1.82, 2.24) is 4.98 Å². The van der Waals surface area contributed by atoms with Crippen molar-refractivity contribution >= 4 is 28.2 Å². The van der Waals surface area contributed by atoms with Gasteiger partial charge in [0.25, 0.3) is 0 Å². The third-order valence-electron chi connectivity index (χ3n) is 5.59. The smallest absolute Gasteiger partial charge is 0.387 e. The molecular weight excluding hydrogens is 406 g/mol. The molecule has 9 heteroatoms. The molecule has 162 valence electrons. The molecule has 1 saturated carbocycles. The Morgan fingerprint density at radius 3 is 2.84 bits per heavy atom. The van der Waals surface area contributed by atoms with Crippen molar-refractivity contribution in [2.75, 3.05) is 23.8 Å². The average Bonchev–Trinajstić information content (AvgIpc) is 3.52. The van der Waals surface area contributed by atoms with E-state index < -0.39 is 12.7 Å². The topological polar surface area (TPSA) is 101 Å². The Labute approximate surface area is 176 Å². The first-order chi connectivity index (χ1) is 15.0. The van der Waals surface area contributed by atoms with Gasteiger partial charge in [0.2, 0.25) is 5.91 Å². The summed E-state index contributed by atoms with van der Waals surface area (Å²) in [7, 11) is 0. The number of amides is 1. The normalized spacial score (nSPS) is 16.4. The standard InChI is InChI=1S/C22H22F2N4O3/c23-22(24)31-14-3-1-2-12(8-14)18-20-17-15(28-18)9-13(10-16(17)30-7-6-26-20)27-19(21(25)29)11-4-5-11/h1-3,8-11,19,22,26-28H,4-7H2,(H2,25,29)/t19-/m0/s1. The van der Waals surface area contributed by atoms with Gasteiger partial charge in [0.1, 0.15) is 24.1 Å². The van der Waals surface area contributed by atoms with Crippen LogP contribution in [0.15, 0.2) is 36.4 Å². The molecular formula is C22H22F2N4O3. The van der Waals surface area contributed by atoms with E-state index >= 15 is 0 Å². The third-order valence-corrected chi connectivity index (χ3v) is 5.59. The summed E-state index contributed by atoms with van der Waals surface area (Å²) in [6, 6.07) is 9.88. The fraction of sp³-hybridized carbons (Fsp3) is 0.318. The lowest BCUT2D eigenvalue weighted by molar-refractivity contribution is -0.119.